The molecule has 1 aromatic rings. The zero-order valence-corrected chi connectivity index (χ0v) is 11.5. The van der Waals surface area contributed by atoms with Gasteiger partial charge in [-0.05, 0) is 37.6 Å². The number of nitrogens with zero attached hydrogens (tertiary/aromatic N) is 2. The lowest BCUT2D eigenvalue weighted by Crippen LogP contribution is -2.31. The second kappa shape index (κ2) is 6.04. The molecule has 1 aliphatic rings. The van der Waals surface area contributed by atoms with Crippen LogP contribution in [0.4, 0.5) is 0 Å². The molecule has 2 rings (SSSR count). The van der Waals surface area contributed by atoms with Gasteiger partial charge in [0, 0.05) is 24.8 Å². The Hall–Kier alpha value is -1.59. The summed E-state index contributed by atoms with van der Waals surface area (Å²) in [6, 6.07) is 6.37. The fourth-order valence-corrected chi connectivity index (χ4v) is 2.36. The maximum atomic E-state index is 8.68. The molecule has 0 aromatic heterocycles. The zero-order valence-electron chi connectivity index (χ0n) is 11.5. The highest BCUT2D eigenvalue weighted by molar-refractivity contribution is 5.97. The van der Waals surface area contributed by atoms with Gasteiger partial charge in [0.2, 0.25) is 0 Å². The topological polar surface area (TPSA) is 71.1 Å². The fraction of sp³-hybridized carbons (Fsp3) is 0.500. The summed E-state index contributed by atoms with van der Waals surface area (Å²) in [5, 5.41) is 11.7. The van der Waals surface area contributed by atoms with Gasteiger partial charge in [0.1, 0.15) is 0 Å². The first-order valence-electron chi connectivity index (χ1n) is 6.47. The van der Waals surface area contributed by atoms with E-state index in [2.05, 4.69) is 17.1 Å². The monoisotopic (exact) mass is 263 g/mol. The number of hydrogen-bond acceptors (Lipinski definition) is 4. The van der Waals surface area contributed by atoms with Crippen LogP contribution in [0.15, 0.2) is 23.4 Å². The van der Waals surface area contributed by atoms with Gasteiger partial charge in [0.15, 0.2) is 5.84 Å². The zero-order chi connectivity index (χ0) is 13.8. The Balaban J connectivity index is 2.08. The summed E-state index contributed by atoms with van der Waals surface area (Å²) in [5.41, 5.74) is 8.73. The Labute approximate surface area is 113 Å². The lowest BCUT2D eigenvalue weighted by atomic mass is 10.0. The van der Waals surface area contributed by atoms with E-state index in [1.807, 2.05) is 25.1 Å². The smallest absolute Gasteiger partial charge is 0.170 e. The summed E-state index contributed by atoms with van der Waals surface area (Å²) < 4.78 is 5.41. The second-order valence-corrected chi connectivity index (χ2v) is 5.06. The molecule has 3 N–H and O–H groups in total. The van der Waals surface area contributed by atoms with E-state index < -0.39 is 0 Å². The van der Waals surface area contributed by atoms with Crippen molar-refractivity contribution >= 4 is 5.84 Å². The maximum absolute atomic E-state index is 8.68. The van der Waals surface area contributed by atoms with Crippen molar-refractivity contribution in [3.63, 3.8) is 0 Å². The average molecular weight is 263 g/mol. The van der Waals surface area contributed by atoms with E-state index in [-0.39, 0.29) is 5.84 Å². The predicted octanol–water partition coefficient (Wildman–Crippen LogP) is 1.31. The average Bonchev–Trinajstić information content (AvgIpc) is 2.94. The minimum absolute atomic E-state index is 0.146. The molecule has 1 fully saturated rings. The first-order chi connectivity index (χ1) is 9.11. The van der Waals surface area contributed by atoms with Gasteiger partial charge >= 0.3 is 0 Å². The molecule has 0 aliphatic carbocycles. The molecule has 19 heavy (non-hydrogen) atoms. The quantitative estimate of drug-likeness (QED) is 0.372. The fourth-order valence-electron chi connectivity index (χ4n) is 2.36. The molecule has 1 aliphatic heterocycles. The molecule has 5 heteroatoms. The molecular weight excluding hydrogens is 242 g/mol. The third-order valence-corrected chi connectivity index (χ3v) is 3.69. The van der Waals surface area contributed by atoms with E-state index in [1.165, 1.54) is 5.56 Å². The Bertz CT molecular complexity index is 468. The molecule has 0 saturated carbocycles. The summed E-state index contributed by atoms with van der Waals surface area (Å²) >= 11 is 0. The molecule has 0 amide bonds. The van der Waals surface area contributed by atoms with Crippen LogP contribution in [0.25, 0.3) is 0 Å². The number of likely N-dealkylation sites (N-methyl/N-ethyl adjacent to an activating group) is 1. The van der Waals surface area contributed by atoms with Crippen LogP contribution in [0.5, 0.6) is 0 Å². The normalized spacial score (nSPS) is 20.2. The van der Waals surface area contributed by atoms with E-state index >= 15 is 0 Å². The number of benzene rings is 1. The van der Waals surface area contributed by atoms with Gasteiger partial charge in [-0.2, -0.15) is 0 Å². The van der Waals surface area contributed by atoms with Crippen LogP contribution in [0.2, 0.25) is 0 Å². The van der Waals surface area contributed by atoms with Crippen molar-refractivity contribution in [2.45, 2.75) is 25.9 Å². The number of hydrogen-bond donors (Lipinski definition) is 2. The summed E-state index contributed by atoms with van der Waals surface area (Å²) in [7, 11) is 2.12. The first kappa shape index (κ1) is 13.8. The number of amidine groups is 1. The van der Waals surface area contributed by atoms with E-state index in [4.69, 9.17) is 15.7 Å². The summed E-state index contributed by atoms with van der Waals surface area (Å²) in [6.45, 7) is 4.60. The van der Waals surface area contributed by atoms with Gasteiger partial charge in [-0.3, -0.25) is 4.90 Å². The van der Waals surface area contributed by atoms with Gasteiger partial charge in [-0.15, -0.1) is 0 Å². The first-order valence-corrected chi connectivity index (χ1v) is 6.47. The molecular formula is C14H21N3O2. The highest BCUT2D eigenvalue weighted by atomic mass is 16.5. The molecule has 1 unspecified atom stereocenters. The third-order valence-electron chi connectivity index (χ3n) is 3.69. The largest absolute Gasteiger partial charge is 0.409 e. The highest BCUT2D eigenvalue weighted by Gasteiger charge is 2.20. The number of oxime groups is 1. The third kappa shape index (κ3) is 3.24. The highest BCUT2D eigenvalue weighted by Crippen LogP contribution is 2.17. The van der Waals surface area contributed by atoms with E-state index in [0.717, 1.165) is 37.3 Å². The molecule has 5 nitrogen and oxygen atoms in total. The van der Waals surface area contributed by atoms with Gasteiger partial charge < -0.3 is 15.7 Å². The number of rotatable bonds is 4. The van der Waals surface area contributed by atoms with Crippen molar-refractivity contribution in [1.82, 2.24) is 4.90 Å². The predicted molar refractivity (Wildman–Crippen MR) is 74.4 cm³/mol. The number of nitrogens with two attached hydrogens (primary N) is 1. The van der Waals surface area contributed by atoms with Crippen molar-refractivity contribution in [1.29, 1.82) is 0 Å². The molecule has 1 saturated heterocycles. The maximum Gasteiger partial charge on any atom is 0.170 e. The Morgan fingerprint density at radius 3 is 2.95 bits per heavy atom. The van der Waals surface area contributed by atoms with Gasteiger partial charge in [-0.25, -0.2) is 0 Å². The number of ether oxygens (including phenoxy) is 1. The van der Waals surface area contributed by atoms with E-state index in [9.17, 15) is 0 Å². The van der Waals surface area contributed by atoms with E-state index in [0.29, 0.717) is 6.04 Å². The molecule has 0 bridgehead atoms. The Morgan fingerprint density at radius 1 is 1.58 bits per heavy atom. The minimum atomic E-state index is 0.146. The van der Waals surface area contributed by atoms with E-state index in [1.54, 1.807) is 0 Å². The molecule has 0 radical (unpaired) electrons. The Kier molecular flexibility index (Phi) is 4.39. The molecule has 104 valence electrons. The second-order valence-electron chi connectivity index (χ2n) is 5.06. The summed E-state index contributed by atoms with van der Waals surface area (Å²) in [4.78, 5) is 2.32. The van der Waals surface area contributed by atoms with Crippen LogP contribution in [0, 0.1) is 6.92 Å². The standard InChI is InChI=1S/C14H21N3O2/c1-10-7-11(14(15)16-18)3-4-12(10)8-17(2)13-5-6-19-9-13/h3-4,7,13,18H,5-6,8-9H2,1-2H3,(H2,15,16). The van der Waals surface area contributed by atoms with Gasteiger partial charge in [0.25, 0.3) is 0 Å². The van der Waals surface area contributed by atoms with Crippen LogP contribution in [0.1, 0.15) is 23.1 Å². The summed E-state index contributed by atoms with van der Waals surface area (Å²) in [6.07, 6.45) is 1.09. The van der Waals surface area contributed by atoms with Gasteiger partial charge in [-0.1, -0.05) is 17.3 Å². The van der Waals surface area contributed by atoms with Crippen LogP contribution in [-0.2, 0) is 11.3 Å². The molecule has 1 aromatic carbocycles. The van der Waals surface area contributed by atoms with Crippen LogP contribution >= 0.6 is 0 Å². The molecule has 1 heterocycles. The van der Waals surface area contributed by atoms with Crippen LogP contribution in [0.3, 0.4) is 0 Å². The Morgan fingerprint density at radius 2 is 2.37 bits per heavy atom. The van der Waals surface area contributed by atoms with Gasteiger partial charge in [0.05, 0.1) is 6.61 Å². The lowest BCUT2D eigenvalue weighted by Gasteiger charge is -2.23. The molecule has 0 spiro atoms. The van der Waals surface area contributed by atoms with Crippen molar-refractivity contribution in [2.75, 3.05) is 20.3 Å². The van der Waals surface area contributed by atoms with Crippen molar-refractivity contribution < 1.29 is 9.94 Å². The van der Waals surface area contributed by atoms with Crippen molar-refractivity contribution in [2.24, 2.45) is 10.9 Å². The van der Waals surface area contributed by atoms with Crippen molar-refractivity contribution in [3.05, 3.63) is 34.9 Å². The number of aryl methyl sites for hydroxylation is 1. The molecule has 1 atom stereocenters. The van der Waals surface area contributed by atoms with Crippen LogP contribution in [-0.4, -0.2) is 42.2 Å². The minimum Gasteiger partial charge on any atom is -0.409 e. The van der Waals surface area contributed by atoms with Crippen LogP contribution < -0.4 is 5.73 Å². The SMILES string of the molecule is Cc1cc(/C(N)=N/O)ccc1CN(C)C1CCOC1. The van der Waals surface area contributed by atoms with Crippen molar-refractivity contribution in [3.8, 4) is 0 Å². The summed E-state index contributed by atoms with van der Waals surface area (Å²) in [5.74, 6) is 0.146. The lowest BCUT2D eigenvalue weighted by molar-refractivity contribution is 0.156.